The summed E-state index contributed by atoms with van der Waals surface area (Å²) < 4.78 is 0. The lowest BCUT2D eigenvalue weighted by Crippen LogP contribution is -2.29. The van der Waals surface area contributed by atoms with Crippen molar-refractivity contribution in [2.24, 2.45) is 5.92 Å². The Hall–Kier alpha value is -1.02. The first-order valence-electron chi connectivity index (χ1n) is 6.19. The van der Waals surface area contributed by atoms with Crippen molar-refractivity contribution in [3.05, 3.63) is 29.8 Å². The molecule has 2 heteroatoms. The predicted octanol–water partition coefficient (Wildman–Crippen LogP) is 2.71. The summed E-state index contributed by atoms with van der Waals surface area (Å²) in [6, 6.07) is 8.87. The van der Waals surface area contributed by atoms with E-state index in [1.54, 1.807) is 12.1 Å². The second kappa shape index (κ2) is 4.88. The van der Waals surface area contributed by atoms with Crippen LogP contribution in [0.25, 0.3) is 0 Å². The summed E-state index contributed by atoms with van der Waals surface area (Å²) in [5.74, 6) is 1.22. The number of hydrogen-bond donors (Lipinski definition) is 2. The zero-order valence-corrected chi connectivity index (χ0v) is 10.1. The van der Waals surface area contributed by atoms with Crippen LogP contribution in [0.1, 0.15) is 32.3 Å². The first kappa shape index (κ1) is 11.5. The van der Waals surface area contributed by atoms with E-state index >= 15 is 0 Å². The van der Waals surface area contributed by atoms with Crippen molar-refractivity contribution < 1.29 is 5.11 Å². The number of phenolic OH excluding ortho intramolecular Hbond substituents is 1. The van der Waals surface area contributed by atoms with Gasteiger partial charge in [0.05, 0.1) is 0 Å². The van der Waals surface area contributed by atoms with Gasteiger partial charge in [-0.15, -0.1) is 0 Å². The highest BCUT2D eigenvalue weighted by Crippen LogP contribution is 2.29. The summed E-state index contributed by atoms with van der Waals surface area (Å²) >= 11 is 0. The lowest BCUT2D eigenvalue weighted by atomic mass is 10.1. The van der Waals surface area contributed by atoms with Crippen molar-refractivity contribution in [1.29, 1.82) is 0 Å². The molecule has 0 saturated heterocycles. The van der Waals surface area contributed by atoms with Crippen molar-refractivity contribution in [3.8, 4) is 5.75 Å². The van der Waals surface area contributed by atoms with E-state index in [1.165, 1.54) is 12.0 Å². The summed E-state index contributed by atoms with van der Waals surface area (Å²) in [5, 5.41) is 12.8. The van der Waals surface area contributed by atoms with Crippen LogP contribution in [0.5, 0.6) is 5.75 Å². The molecule has 1 saturated carbocycles. The van der Waals surface area contributed by atoms with E-state index < -0.39 is 0 Å². The third kappa shape index (κ3) is 3.24. The molecule has 0 aromatic heterocycles. The fourth-order valence-electron chi connectivity index (χ4n) is 2.05. The van der Waals surface area contributed by atoms with Gasteiger partial charge in [0.25, 0.3) is 0 Å². The molecule has 1 aliphatic rings. The molecule has 88 valence electrons. The normalized spacial score (nSPS) is 25.4. The van der Waals surface area contributed by atoms with Crippen LogP contribution >= 0.6 is 0 Å². The highest BCUT2D eigenvalue weighted by molar-refractivity contribution is 5.25. The van der Waals surface area contributed by atoms with Crippen LogP contribution in [0.3, 0.4) is 0 Å². The van der Waals surface area contributed by atoms with Gasteiger partial charge in [0, 0.05) is 12.1 Å². The van der Waals surface area contributed by atoms with Crippen LogP contribution in [0, 0.1) is 5.92 Å². The first-order valence-corrected chi connectivity index (χ1v) is 6.19. The van der Waals surface area contributed by atoms with Gasteiger partial charge < -0.3 is 10.4 Å². The summed E-state index contributed by atoms with van der Waals surface area (Å²) in [7, 11) is 0. The Morgan fingerprint density at radius 2 is 2.00 bits per heavy atom. The van der Waals surface area contributed by atoms with Gasteiger partial charge >= 0.3 is 0 Å². The molecular weight excluding hydrogens is 198 g/mol. The molecule has 1 aromatic carbocycles. The molecule has 0 amide bonds. The Kier molecular flexibility index (Phi) is 3.49. The van der Waals surface area contributed by atoms with Crippen LogP contribution in [-0.4, -0.2) is 17.2 Å². The first-order chi connectivity index (χ1) is 7.65. The van der Waals surface area contributed by atoms with E-state index in [0.717, 1.165) is 24.8 Å². The third-order valence-corrected chi connectivity index (χ3v) is 3.41. The summed E-state index contributed by atoms with van der Waals surface area (Å²) in [5.41, 5.74) is 1.30. The van der Waals surface area contributed by atoms with Crippen molar-refractivity contribution in [3.63, 3.8) is 0 Å². The molecule has 16 heavy (non-hydrogen) atoms. The fourth-order valence-corrected chi connectivity index (χ4v) is 2.05. The number of hydrogen-bond acceptors (Lipinski definition) is 2. The highest BCUT2D eigenvalue weighted by atomic mass is 16.3. The number of nitrogens with one attached hydrogen (secondary N) is 1. The molecule has 1 aliphatic carbocycles. The van der Waals surface area contributed by atoms with Gasteiger partial charge in [-0.1, -0.05) is 19.1 Å². The Labute approximate surface area is 97.7 Å². The van der Waals surface area contributed by atoms with Crippen molar-refractivity contribution in [2.75, 3.05) is 0 Å². The van der Waals surface area contributed by atoms with Gasteiger partial charge in [0.2, 0.25) is 0 Å². The molecule has 0 aliphatic heterocycles. The number of aromatic hydroxyl groups is 1. The molecule has 3 atom stereocenters. The molecule has 0 radical (unpaired) electrons. The smallest absolute Gasteiger partial charge is 0.115 e. The quantitative estimate of drug-likeness (QED) is 0.798. The fraction of sp³-hybridized carbons (Fsp3) is 0.571. The van der Waals surface area contributed by atoms with Gasteiger partial charge in [-0.25, -0.2) is 0 Å². The van der Waals surface area contributed by atoms with E-state index in [0.29, 0.717) is 11.8 Å². The molecule has 1 aromatic rings. The van der Waals surface area contributed by atoms with E-state index in [2.05, 4.69) is 19.2 Å². The Balaban J connectivity index is 1.72. The summed E-state index contributed by atoms with van der Waals surface area (Å²) in [4.78, 5) is 0. The zero-order valence-electron chi connectivity index (χ0n) is 10.1. The standard InChI is InChI=1S/C14H21NO/c1-10-9-14(10)15-11(2)3-4-12-5-7-13(16)8-6-12/h5-8,10-11,14-16H,3-4,9H2,1-2H3. The van der Waals surface area contributed by atoms with Gasteiger partial charge in [-0.3, -0.25) is 0 Å². The minimum absolute atomic E-state index is 0.349. The number of aryl methyl sites for hydroxylation is 1. The van der Waals surface area contributed by atoms with Crippen LogP contribution in [0.2, 0.25) is 0 Å². The molecule has 0 spiro atoms. The van der Waals surface area contributed by atoms with E-state index in [-0.39, 0.29) is 0 Å². The van der Waals surface area contributed by atoms with E-state index in [1.807, 2.05) is 12.1 Å². The molecular formula is C14H21NO. The second-order valence-corrected chi connectivity index (χ2v) is 5.09. The van der Waals surface area contributed by atoms with Crippen molar-refractivity contribution >= 4 is 0 Å². The van der Waals surface area contributed by atoms with Crippen LogP contribution in [0.4, 0.5) is 0 Å². The van der Waals surface area contributed by atoms with Gasteiger partial charge in [-0.2, -0.15) is 0 Å². The Morgan fingerprint density at radius 3 is 2.56 bits per heavy atom. The largest absolute Gasteiger partial charge is 0.508 e. The SMILES string of the molecule is CC(CCc1ccc(O)cc1)NC1CC1C. The maximum atomic E-state index is 9.18. The van der Waals surface area contributed by atoms with Crippen LogP contribution < -0.4 is 5.32 Å². The lowest BCUT2D eigenvalue weighted by Gasteiger charge is -2.13. The van der Waals surface area contributed by atoms with Crippen molar-refractivity contribution in [1.82, 2.24) is 5.32 Å². The molecule has 3 unspecified atom stereocenters. The number of rotatable bonds is 5. The van der Waals surface area contributed by atoms with Gasteiger partial charge in [0.1, 0.15) is 5.75 Å². The Bertz CT molecular complexity index is 333. The third-order valence-electron chi connectivity index (χ3n) is 3.41. The average Bonchev–Trinajstić information content (AvgIpc) is 2.93. The summed E-state index contributed by atoms with van der Waals surface area (Å²) in [6.45, 7) is 4.55. The molecule has 2 N–H and O–H groups in total. The van der Waals surface area contributed by atoms with E-state index in [9.17, 15) is 5.11 Å². The monoisotopic (exact) mass is 219 g/mol. The van der Waals surface area contributed by atoms with Crippen molar-refractivity contribution in [2.45, 2.75) is 45.2 Å². The second-order valence-electron chi connectivity index (χ2n) is 5.09. The molecule has 0 heterocycles. The Morgan fingerprint density at radius 1 is 1.38 bits per heavy atom. The summed E-state index contributed by atoms with van der Waals surface area (Å²) in [6.07, 6.45) is 3.58. The van der Waals surface area contributed by atoms with Crippen LogP contribution in [0.15, 0.2) is 24.3 Å². The average molecular weight is 219 g/mol. The van der Waals surface area contributed by atoms with E-state index in [4.69, 9.17) is 0 Å². The maximum Gasteiger partial charge on any atom is 0.115 e. The molecule has 2 rings (SSSR count). The molecule has 2 nitrogen and oxygen atoms in total. The van der Waals surface area contributed by atoms with Gasteiger partial charge in [-0.05, 0) is 49.8 Å². The van der Waals surface area contributed by atoms with Crippen LogP contribution in [-0.2, 0) is 6.42 Å². The predicted molar refractivity (Wildman–Crippen MR) is 66.6 cm³/mol. The maximum absolute atomic E-state index is 9.18. The lowest BCUT2D eigenvalue weighted by molar-refractivity contribution is 0.474. The minimum atomic E-state index is 0.349. The number of phenols is 1. The minimum Gasteiger partial charge on any atom is -0.508 e. The molecule has 1 fully saturated rings. The van der Waals surface area contributed by atoms with Gasteiger partial charge in [0.15, 0.2) is 0 Å². The topological polar surface area (TPSA) is 32.3 Å². The highest BCUT2D eigenvalue weighted by Gasteiger charge is 2.32. The number of benzene rings is 1. The molecule has 0 bridgehead atoms. The zero-order chi connectivity index (χ0) is 11.5.